The normalized spacial score (nSPS) is 36.2. The number of aliphatic hydroxyl groups excluding tert-OH is 1. The average molecular weight is 215 g/mol. The van der Waals surface area contributed by atoms with Crippen molar-refractivity contribution in [3.05, 3.63) is 0 Å². The Balaban J connectivity index is 2.13. The average Bonchev–Trinajstić information content (AvgIpc) is 2.25. The van der Waals surface area contributed by atoms with Crippen molar-refractivity contribution >= 4 is 0 Å². The first-order chi connectivity index (χ1) is 7.16. The van der Waals surface area contributed by atoms with Crippen LogP contribution in [0.25, 0.3) is 0 Å². The van der Waals surface area contributed by atoms with Gasteiger partial charge in [-0.05, 0) is 25.9 Å². The van der Waals surface area contributed by atoms with Gasteiger partial charge in [0.2, 0.25) is 0 Å². The highest BCUT2D eigenvalue weighted by molar-refractivity contribution is 5.05. The summed E-state index contributed by atoms with van der Waals surface area (Å²) >= 11 is 0. The topological polar surface area (TPSA) is 52.9 Å². The summed E-state index contributed by atoms with van der Waals surface area (Å²) in [7, 11) is 0. The third-order valence-corrected chi connectivity index (χ3v) is 4.07. The van der Waals surface area contributed by atoms with Crippen LogP contribution >= 0.6 is 0 Å². The number of ether oxygens (including phenoxy) is 1. The Labute approximate surface area is 90.8 Å². The summed E-state index contributed by atoms with van der Waals surface area (Å²) in [6, 6.07) is 0. The van der Waals surface area contributed by atoms with Crippen molar-refractivity contribution in [2.24, 2.45) is 5.41 Å². The quantitative estimate of drug-likeness (QED) is 0.687. The van der Waals surface area contributed by atoms with Crippen LogP contribution in [0.3, 0.4) is 0 Å². The van der Waals surface area contributed by atoms with Crippen molar-refractivity contribution in [2.45, 2.75) is 25.4 Å². The van der Waals surface area contributed by atoms with Gasteiger partial charge >= 0.3 is 0 Å². The highest BCUT2D eigenvalue weighted by Crippen LogP contribution is 2.43. The van der Waals surface area contributed by atoms with E-state index >= 15 is 0 Å². The predicted octanol–water partition coefficient (Wildman–Crippen LogP) is -0.158. The lowest BCUT2D eigenvalue weighted by Crippen LogP contribution is -2.67. The van der Waals surface area contributed by atoms with Gasteiger partial charge in [-0.25, -0.2) is 0 Å². The molecule has 4 nitrogen and oxygen atoms in total. The van der Waals surface area contributed by atoms with Crippen LogP contribution in [0, 0.1) is 5.41 Å². The second-order valence-corrected chi connectivity index (χ2v) is 4.94. The molecule has 0 aromatic rings. The van der Waals surface area contributed by atoms with Crippen molar-refractivity contribution in [2.75, 3.05) is 39.5 Å². The van der Waals surface area contributed by atoms with E-state index < -0.39 is 5.60 Å². The van der Waals surface area contributed by atoms with Crippen LogP contribution in [0.4, 0.5) is 0 Å². The third-order valence-electron chi connectivity index (χ3n) is 4.07. The van der Waals surface area contributed by atoms with Crippen molar-refractivity contribution in [1.29, 1.82) is 0 Å². The van der Waals surface area contributed by atoms with Gasteiger partial charge in [-0.1, -0.05) is 6.92 Å². The zero-order valence-electron chi connectivity index (χ0n) is 9.41. The molecule has 0 aromatic heterocycles. The molecule has 0 saturated carbocycles. The molecule has 0 spiro atoms. The van der Waals surface area contributed by atoms with Crippen LogP contribution in [-0.4, -0.2) is 60.2 Å². The molecule has 15 heavy (non-hydrogen) atoms. The number of piperidine rings is 1. The molecule has 2 aliphatic heterocycles. The zero-order valence-corrected chi connectivity index (χ0v) is 9.41. The van der Waals surface area contributed by atoms with Gasteiger partial charge in [0.15, 0.2) is 0 Å². The minimum absolute atomic E-state index is 0.0589. The fourth-order valence-corrected chi connectivity index (χ4v) is 2.75. The lowest BCUT2D eigenvalue weighted by molar-refractivity contribution is -0.260. The molecule has 0 radical (unpaired) electrons. The molecule has 4 heteroatoms. The van der Waals surface area contributed by atoms with Crippen molar-refractivity contribution in [3.8, 4) is 0 Å². The van der Waals surface area contributed by atoms with Gasteiger partial charge in [-0.2, -0.15) is 0 Å². The maximum Gasteiger partial charge on any atom is 0.120 e. The van der Waals surface area contributed by atoms with E-state index in [-0.39, 0.29) is 12.0 Å². The molecule has 1 unspecified atom stereocenters. The number of hydrogen-bond acceptors (Lipinski definition) is 4. The number of likely N-dealkylation sites (tertiary alicyclic amines) is 1. The molecule has 2 saturated heterocycles. The highest BCUT2D eigenvalue weighted by atomic mass is 16.5. The van der Waals surface area contributed by atoms with E-state index in [9.17, 15) is 10.2 Å². The smallest absolute Gasteiger partial charge is 0.120 e. The van der Waals surface area contributed by atoms with Gasteiger partial charge in [0.1, 0.15) is 5.60 Å². The number of hydrogen-bond donors (Lipinski definition) is 2. The first-order valence-corrected chi connectivity index (χ1v) is 5.79. The van der Waals surface area contributed by atoms with E-state index in [0.717, 1.165) is 32.5 Å². The van der Waals surface area contributed by atoms with Gasteiger partial charge in [0, 0.05) is 12.0 Å². The van der Waals surface area contributed by atoms with Crippen LogP contribution in [0.2, 0.25) is 0 Å². The van der Waals surface area contributed by atoms with Gasteiger partial charge in [-0.15, -0.1) is 0 Å². The predicted molar refractivity (Wildman–Crippen MR) is 56.6 cm³/mol. The van der Waals surface area contributed by atoms with Gasteiger partial charge in [0.25, 0.3) is 0 Å². The standard InChI is InChI=1S/C11H21NO3/c1-2-12-5-3-4-10(6-12,7-13)11(14)8-15-9-11/h13-14H,2-9H2,1H3. The Bertz CT molecular complexity index is 230. The molecule has 88 valence electrons. The fraction of sp³-hybridized carbons (Fsp3) is 1.00. The maximum absolute atomic E-state index is 10.4. The second-order valence-electron chi connectivity index (χ2n) is 4.94. The summed E-state index contributed by atoms with van der Waals surface area (Å²) in [5.74, 6) is 0. The lowest BCUT2D eigenvalue weighted by Gasteiger charge is -2.54. The van der Waals surface area contributed by atoms with E-state index in [2.05, 4.69) is 11.8 Å². The molecule has 0 amide bonds. The van der Waals surface area contributed by atoms with Crippen LogP contribution in [0.15, 0.2) is 0 Å². The fourth-order valence-electron chi connectivity index (χ4n) is 2.75. The first kappa shape index (κ1) is 11.3. The molecule has 2 rings (SSSR count). The minimum Gasteiger partial charge on any atom is -0.396 e. The summed E-state index contributed by atoms with van der Waals surface area (Å²) in [6.45, 7) is 5.79. The summed E-state index contributed by atoms with van der Waals surface area (Å²) in [6.07, 6.45) is 1.95. The van der Waals surface area contributed by atoms with Crippen molar-refractivity contribution in [3.63, 3.8) is 0 Å². The minimum atomic E-state index is -0.796. The lowest BCUT2D eigenvalue weighted by atomic mass is 9.66. The van der Waals surface area contributed by atoms with E-state index in [1.54, 1.807) is 0 Å². The largest absolute Gasteiger partial charge is 0.396 e. The summed E-state index contributed by atoms with van der Waals surface area (Å²) in [5, 5.41) is 20.0. The molecule has 0 aromatic carbocycles. The molecule has 2 aliphatic rings. The van der Waals surface area contributed by atoms with Crippen LogP contribution in [-0.2, 0) is 4.74 Å². The summed E-state index contributed by atoms with van der Waals surface area (Å²) in [5.41, 5.74) is -1.16. The Kier molecular flexibility index (Phi) is 3.03. The van der Waals surface area contributed by atoms with Gasteiger partial charge < -0.3 is 19.8 Å². The van der Waals surface area contributed by atoms with Crippen molar-refractivity contribution < 1.29 is 14.9 Å². The van der Waals surface area contributed by atoms with E-state index in [1.807, 2.05) is 0 Å². The molecule has 2 fully saturated rings. The Morgan fingerprint density at radius 2 is 2.13 bits per heavy atom. The molecular formula is C11H21NO3. The van der Waals surface area contributed by atoms with Gasteiger partial charge in [0.05, 0.1) is 19.8 Å². The SMILES string of the molecule is CCN1CCCC(CO)(C2(O)COC2)C1. The monoisotopic (exact) mass is 215 g/mol. The number of nitrogens with zero attached hydrogens (tertiary/aromatic N) is 1. The highest BCUT2D eigenvalue weighted by Gasteiger charge is 2.56. The molecule has 1 atom stereocenters. The Morgan fingerprint density at radius 3 is 2.60 bits per heavy atom. The van der Waals surface area contributed by atoms with Crippen LogP contribution in [0.1, 0.15) is 19.8 Å². The first-order valence-electron chi connectivity index (χ1n) is 5.79. The molecular weight excluding hydrogens is 194 g/mol. The number of rotatable bonds is 3. The van der Waals surface area contributed by atoms with Crippen molar-refractivity contribution in [1.82, 2.24) is 4.90 Å². The molecule has 2 N–H and O–H groups in total. The molecule has 0 bridgehead atoms. The summed E-state index contributed by atoms with van der Waals surface area (Å²) < 4.78 is 5.11. The second kappa shape index (κ2) is 4.01. The molecule has 0 aliphatic carbocycles. The molecule has 2 heterocycles. The number of aliphatic hydroxyl groups is 2. The Morgan fingerprint density at radius 1 is 1.40 bits per heavy atom. The van der Waals surface area contributed by atoms with E-state index in [4.69, 9.17) is 4.74 Å². The summed E-state index contributed by atoms with van der Waals surface area (Å²) in [4.78, 5) is 2.30. The Hall–Kier alpha value is -0.160. The third kappa shape index (κ3) is 1.69. The van der Waals surface area contributed by atoms with Crippen LogP contribution < -0.4 is 0 Å². The maximum atomic E-state index is 10.4. The van der Waals surface area contributed by atoms with Crippen LogP contribution in [0.5, 0.6) is 0 Å². The van der Waals surface area contributed by atoms with E-state index in [0.29, 0.717) is 13.2 Å². The van der Waals surface area contributed by atoms with E-state index in [1.165, 1.54) is 0 Å². The van der Waals surface area contributed by atoms with Gasteiger partial charge in [-0.3, -0.25) is 0 Å². The zero-order chi connectivity index (χ0) is 10.9.